The number of fused-ring (bicyclic) bond motifs is 2. The van der Waals surface area contributed by atoms with Gasteiger partial charge in [-0.25, -0.2) is 0 Å². The van der Waals surface area contributed by atoms with Gasteiger partial charge in [0.25, 0.3) is 0 Å². The van der Waals surface area contributed by atoms with Crippen molar-refractivity contribution in [3.63, 3.8) is 0 Å². The number of carbonyl (C=O) groups is 3. The zero-order valence-electron chi connectivity index (χ0n) is 18.3. The van der Waals surface area contributed by atoms with Gasteiger partial charge in [0, 0.05) is 19.6 Å². The van der Waals surface area contributed by atoms with Crippen molar-refractivity contribution in [2.24, 2.45) is 17.6 Å². The summed E-state index contributed by atoms with van der Waals surface area (Å²) in [6, 6.07) is 5.65. The molecule has 0 aliphatic carbocycles. The molecule has 1 aromatic carbocycles. The summed E-state index contributed by atoms with van der Waals surface area (Å²) in [6.07, 6.45) is 2.12. The minimum Gasteiger partial charge on any atom is -0.480 e. The third-order valence-electron chi connectivity index (χ3n) is 6.78. The molecule has 174 valence electrons. The van der Waals surface area contributed by atoms with E-state index in [9.17, 15) is 14.4 Å². The zero-order chi connectivity index (χ0) is 22.8. The SMILES string of the molecule is CN1CCCN(C(=O)C2C(C(=O)Oc3ccc(CC(N)C(=O)O)cc3)[C@H]3CC[C@@H]2O3)CC1. The van der Waals surface area contributed by atoms with Gasteiger partial charge in [-0.05, 0) is 57.0 Å². The Labute approximate surface area is 187 Å². The van der Waals surface area contributed by atoms with E-state index in [2.05, 4.69) is 11.9 Å². The summed E-state index contributed by atoms with van der Waals surface area (Å²) in [5, 5.41) is 8.94. The number of nitrogens with zero attached hydrogens (tertiary/aromatic N) is 2. The molecule has 3 unspecified atom stereocenters. The van der Waals surface area contributed by atoms with Gasteiger partial charge in [0.1, 0.15) is 11.8 Å². The van der Waals surface area contributed by atoms with Crippen molar-refractivity contribution in [2.45, 2.75) is 43.9 Å². The Morgan fingerprint density at radius 3 is 2.47 bits per heavy atom. The van der Waals surface area contributed by atoms with Crippen molar-refractivity contribution in [1.29, 1.82) is 0 Å². The van der Waals surface area contributed by atoms with E-state index < -0.39 is 29.8 Å². The van der Waals surface area contributed by atoms with E-state index in [1.807, 2.05) is 4.90 Å². The van der Waals surface area contributed by atoms with Crippen LogP contribution in [0.5, 0.6) is 5.75 Å². The first-order valence-electron chi connectivity index (χ1n) is 11.3. The summed E-state index contributed by atoms with van der Waals surface area (Å²) in [5.74, 6) is -2.28. The van der Waals surface area contributed by atoms with E-state index in [-0.39, 0.29) is 24.5 Å². The number of esters is 1. The van der Waals surface area contributed by atoms with E-state index in [1.165, 1.54) is 0 Å². The third kappa shape index (κ3) is 4.79. The van der Waals surface area contributed by atoms with Gasteiger partial charge in [-0.2, -0.15) is 0 Å². The van der Waals surface area contributed by atoms with Gasteiger partial charge in [0.2, 0.25) is 5.91 Å². The maximum atomic E-state index is 13.4. The Balaban J connectivity index is 1.42. The number of carboxylic acids is 1. The number of aliphatic carboxylic acids is 1. The third-order valence-corrected chi connectivity index (χ3v) is 6.78. The van der Waals surface area contributed by atoms with E-state index in [0.717, 1.165) is 37.9 Å². The smallest absolute Gasteiger partial charge is 0.320 e. The lowest BCUT2D eigenvalue weighted by Crippen LogP contribution is -2.47. The van der Waals surface area contributed by atoms with Gasteiger partial charge < -0.3 is 30.1 Å². The van der Waals surface area contributed by atoms with E-state index in [0.29, 0.717) is 18.8 Å². The lowest BCUT2D eigenvalue weighted by atomic mass is 9.78. The van der Waals surface area contributed by atoms with Crippen LogP contribution in [-0.4, -0.2) is 84.2 Å². The van der Waals surface area contributed by atoms with E-state index >= 15 is 0 Å². The molecule has 3 aliphatic rings. The number of carbonyl (C=O) groups excluding carboxylic acids is 2. The van der Waals surface area contributed by atoms with E-state index in [4.69, 9.17) is 20.3 Å². The number of nitrogens with two attached hydrogens (primary N) is 1. The van der Waals surface area contributed by atoms with Crippen molar-refractivity contribution in [1.82, 2.24) is 9.80 Å². The molecule has 3 saturated heterocycles. The van der Waals surface area contributed by atoms with Gasteiger partial charge in [-0.15, -0.1) is 0 Å². The van der Waals surface area contributed by atoms with Crippen LogP contribution in [0.15, 0.2) is 24.3 Å². The Kier molecular flexibility index (Phi) is 6.78. The fourth-order valence-electron chi connectivity index (χ4n) is 4.99. The van der Waals surface area contributed by atoms with Gasteiger partial charge in [0.05, 0.1) is 24.0 Å². The first kappa shape index (κ1) is 22.7. The highest BCUT2D eigenvalue weighted by molar-refractivity contribution is 5.88. The van der Waals surface area contributed by atoms with Crippen molar-refractivity contribution < 1.29 is 29.0 Å². The number of amides is 1. The molecule has 2 bridgehead atoms. The molecule has 0 spiro atoms. The van der Waals surface area contributed by atoms with Crippen LogP contribution in [0.3, 0.4) is 0 Å². The summed E-state index contributed by atoms with van der Waals surface area (Å²) in [7, 11) is 2.05. The predicted octanol–water partition coefficient (Wildman–Crippen LogP) is 0.504. The Morgan fingerprint density at radius 1 is 1.09 bits per heavy atom. The minimum atomic E-state index is -1.07. The van der Waals surface area contributed by atoms with Crippen molar-refractivity contribution in [2.75, 3.05) is 33.2 Å². The van der Waals surface area contributed by atoms with Crippen LogP contribution in [0.25, 0.3) is 0 Å². The lowest BCUT2D eigenvalue weighted by molar-refractivity contribution is -0.148. The average molecular weight is 446 g/mol. The number of likely N-dealkylation sites (N-methyl/N-ethyl adjacent to an activating group) is 1. The van der Waals surface area contributed by atoms with Gasteiger partial charge in [-0.1, -0.05) is 12.1 Å². The van der Waals surface area contributed by atoms with Crippen LogP contribution in [0.1, 0.15) is 24.8 Å². The van der Waals surface area contributed by atoms with Crippen LogP contribution in [0, 0.1) is 11.8 Å². The maximum Gasteiger partial charge on any atom is 0.320 e. The number of carboxylic acid groups (broad SMARTS) is 1. The molecule has 0 saturated carbocycles. The predicted molar refractivity (Wildman–Crippen MR) is 115 cm³/mol. The summed E-state index contributed by atoms with van der Waals surface area (Å²) < 4.78 is 11.6. The van der Waals surface area contributed by atoms with Gasteiger partial charge in [-0.3, -0.25) is 14.4 Å². The number of hydrogen-bond donors (Lipinski definition) is 2. The fourth-order valence-corrected chi connectivity index (χ4v) is 4.99. The topological polar surface area (TPSA) is 122 Å². The highest BCUT2D eigenvalue weighted by atomic mass is 16.5. The van der Waals surface area contributed by atoms with Gasteiger partial charge >= 0.3 is 11.9 Å². The normalized spacial score (nSPS) is 28.9. The second-order valence-corrected chi connectivity index (χ2v) is 9.04. The molecule has 3 heterocycles. The van der Waals surface area contributed by atoms with Crippen molar-refractivity contribution >= 4 is 17.8 Å². The minimum absolute atomic E-state index is 0.00699. The molecule has 3 aliphatic heterocycles. The maximum absolute atomic E-state index is 13.4. The summed E-state index contributed by atoms with van der Waals surface area (Å²) in [4.78, 5) is 41.5. The van der Waals surface area contributed by atoms with Crippen LogP contribution in [-0.2, 0) is 25.5 Å². The number of ether oxygens (including phenoxy) is 2. The van der Waals surface area contributed by atoms with Crippen molar-refractivity contribution in [3.05, 3.63) is 29.8 Å². The average Bonchev–Trinajstić information content (AvgIpc) is 3.31. The summed E-state index contributed by atoms with van der Waals surface area (Å²) >= 11 is 0. The number of hydrogen-bond acceptors (Lipinski definition) is 7. The van der Waals surface area contributed by atoms with Crippen LogP contribution < -0.4 is 10.5 Å². The largest absolute Gasteiger partial charge is 0.480 e. The van der Waals surface area contributed by atoms with Crippen molar-refractivity contribution in [3.8, 4) is 5.75 Å². The second kappa shape index (κ2) is 9.56. The summed E-state index contributed by atoms with van der Waals surface area (Å²) in [6.45, 7) is 3.12. The van der Waals surface area contributed by atoms with E-state index in [1.54, 1.807) is 24.3 Å². The quantitative estimate of drug-likeness (QED) is 0.480. The van der Waals surface area contributed by atoms with Gasteiger partial charge in [0.15, 0.2) is 0 Å². The van der Waals surface area contributed by atoms with Crippen LogP contribution in [0.4, 0.5) is 0 Å². The molecule has 4 rings (SSSR count). The zero-order valence-corrected chi connectivity index (χ0v) is 18.3. The second-order valence-electron chi connectivity index (χ2n) is 9.04. The molecule has 0 radical (unpaired) electrons. The Bertz CT molecular complexity index is 860. The molecule has 9 nitrogen and oxygen atoms in total. The highest BCUT2D eigenvalue weighted by Gasteiger charge is 2.57. The molecule has 5 atom stereocenters. The first-order valence-corrected chi connectivity index (χ1v) is 11.3. The molecule has 1 amide bonds. The fraction of sp³-hybridized carbons (Fsp3) is 0.609. The van der Waals surface area contributed by atoms with Crippen LogP contribution in [0.2, 0.25) is 0 Å². The molecule has 9 heteroatoms. The molecule has 0 aromatic heterocycles. The highest BCUT2D eigenvalue weighted by Crippen LogP contribution is 2.45. The molecule has 32 heavy (non-hydrogen) atoms. The number of benzene rings is 1. The lowest BCUT2D eigenvalue weighted by Gasteiger charge is -2.30. The Hall–Kier alpha value is -2.49. The van der Waals surface area contributed by atoms with Crippen LogP contribution >= 0.6 is 0 Å². The monoisotopic (exact) mass is 445 g/mol. The number of rotatable bonds is 6. The molecular formula is C23H31N3O6. The molecular weight excluding hydrogens is 414 g/mol. The molecule has 3 N–H and O–H groups in total. The summed E-state index contributed by atoms with van der Waals surface area (Å²) in [5.41, 5.74) is 6.31. The standard InChI is InChI=1S/C23H31N3O6/c1-25-9-2-10-26(12-11-25)21(27)19-17-7-8-18(32-17)20(19)23(30)31-15-5-3-14(4-6-15)13-16(24)22(28)29/h3-6,16-20H,2,7-13,24H2,1H3,(H,28,29)/t16?,17-,18+,19?,20?/m0/s1. The first-order chi connectivity index (χ1) is 15.3. The Morgan fingerprint density at radius 2 is 1.78 bits per heavy atom. The molecule has 1 aromatic rings. The molecule has 3 fully saturated rings.